The molecule has 0 radical (unpaired) electrons. The van der Waals surface area contributed by atoms with E-state index in [0.29, 0.717) is 22.4 Å². The number of para-hydroxylation sites is 1. The third kappa shape index (κ3) is 3.36. The molecule has 1 heterocycles. The first-order valence-corrected chi connectivity index (χ1v) is 7.55. The van der Waals surface area contributed by atoms with Crippen molar-refractivity contribution < 1.29 is 4.79 Å². The van der Waals surface area contributed by atoms with Crippen LogP contribution in [0.3, 0.4) is 0 Å². The molecule has 3 rings (SSSR count). The van der Waals surface area contributed by atoms with E-state index in [1.54, 1.807) is 23.7 Å². The van der Waals surface area contributed by atoms with Crippen LogP contribution in [0.25, 0.3) is 5.69 Å². The average Bonchev–Trinajstić information content (AvgIpc) is 2.88. The molecule has 1 amide bonds. The molecule has 116 valence electrons. The standard InChI is InChI=1S/C16H12Cl2N4O/c1-10-19-16(22(21-10)12-5-3-2-4-6-12)20-15(23)13-8-7-11(17)9-14(13)18/h2-9H,1H3,(H,19,20,21,23). The van der Waals surface area contributed by atoms with Crippen LogP contribution in [-0.4, -0.2) is 20.7 Å². The lowest BCUT2D eigenvalue weighted by atomic mass is 10.2. The predicted octanol–water partition coefficient (Wildman–Crippen LogP) is 4.13. The van der Waals surface area contributed by atoms with E-state index >= 15 is 0 Å². The van der Waals surface area contributed by atoms with Crippen molar-refractivity contribution in [3.8, 4) is 5.69 Å². The summed E-state index contributed by atoms with van der Waals surface area (Å²) < 4.78 is 1.57. The van der Waals surface area contributed by atoms with E-state index in [-0.39, 0.29) is 10.9 Å². The van der Waals surface area contributed by atoms with Gasteiger partial charge in [0.2, 0.25) is 5.95 Å². The third-order valence-electron chi connectivity index (χ3n) is 3.11. The highest BCUT2D eigenvalue weighted by Crippen LogP contribution is 2.22. The van der Waals surface area contributed by atoms with E-state index in [2.05, 4.69) is 15.4 Å². The molecule has 3 aromatic rings. The molecule has 0 saturated heterocycles. The molecule has 0 atom stereocenters. The Morgan fingerprint density at radius 1 is 1.13 bits per heavy atom. The van der Waals surface area contributed by atoms with Crippen molar-refractivity contribution in [1.82, 2.24) is 14.8 Å². The van der Waals surface area contributed by atoms with Gasteiger partial charge in [0.1, 0.15) is 5.82 Å². The van der Waals surface area contributed by atoms with Gasteiger partial charge in [-0.3, -0.25) is 10.1 Å². The summed E-state index contributed by atoms with van der Waals surface area (Å²) in [7, 11) is 0. The normalized spacial score (nSPS) is 10.6. The van der Waals surface area contributed by atoms with Crippen LogP contribution in [0.2, 0.25) is 10.0 Å². The number of amides is 1. The molecule has 2 aromatic carbocycles. The van der Waals surface area contributed by atoms with Gasteiger partial charge in [0, 0.05) is 5.02 Å². The maximum Gasteiger partial charge on any atom is 0.259 e. The molecular weight excluding hydrogens is 335 g/mol. The topological polar surface area (TPSA) is 59.8 Å². The second kappa shape index (κ2) is 6.40. The number of nitrogens with one attached hydrogen (secondary N) is 1. The molecule has 0 unspecified atom stereocenters. The maximum absolute atomic E-state index is 12.4. The minimum Gasteiger partial charge on any atom is -0.290 e. The average molecular weight is 347 g/mol. The summed E-state index contributed by atoms with van der Waals surface area (Å²) in [6.45, 7) is 1.75. The Hall–Kier alpha value is -2.37. The Balaban J connectivity index is 1.93. The van der Waals surface area contributed by atoms with Crippen molar-refractivity contribution >= 4 is 35.1 Å². The summed E-state index contributed by atoms with van der Waals surface area (Å²) in [5, 5.41) is 7.77. The van der Waals surface area contributed by atoms with Crippen molar-refractivity contribution in [2.75, 3.05) is 5.32 Å². The van der Waals surface area contributed by atoms with Gasteiger partial charge in [0.25, 0.3) is 5.91 Å². The van der Waals surface area contributed by atoms with E-state index in [1.807, 2.05) is 30.3 Å². The summed E-state index contributed by atoms with van der Waals surface area (Å²) in [6, 6.07) is 14.1. The highest BCUT2D eigenvalue weighted by atomic mass is 35.5. The minimum absolute atomic E-state index is 0.275. The van der Waals surface area contributed by atoms with Gasteiger partial charge in [-0.15, -0.1) is 5.10 Å². The van der Waals surface area contributed by atoms with Crippen LogP contribution in [0.1, 0.15) is 16.2 Å². The first-order chi connectivity index (χ1) is 11.0. The zero-order valence-electron chi connectivity index (χ0n) is 12.1. The van der Waals surface area contributed by atoms with E-state index < -0.39 is 0 Å². The third-order valence-corrected chi connectivity index (χ3v) is 3.66. The maximum atomic E-state index is 12.4. The van der Waals surface area contributed by atoms with Crippen LogP contribution >= 0.6 is 23.2 Å². The van der Waals surface area contributed by atoms with Crippen LogP contribution in [0.5, 0.6) is 0 Å². The van der Waals surface area contributed by atoms with Crippen LogP contribution in [0, 0.1) is 6.92 Å². The fraction of sp³-hybridized carbons (Fsp3) is 0.0625. The van der Waals surface area contributed by atoms with Gasteiger partial charge in [-0.2, -0.15) is 9.67 Å². The molecule has 0 aliphatic carbocycles. The minimum atomic E-state index is -0.378. The van der Waals surface area contributed by atoms with Crippen molar-refractivity contribution in [3.05, 3.63) is 70.0 Å². The van der Waals surface area contributed by atoms with E-state index in [9.17, 15) is 4.79 Å². The molecule has 5 nitrogen and oxygen atoms in total. The number of carbonyl (C=O) groups excluding carboxylic acids is 1. The summed E-state index contributed by atoms with van der Waals surface area (Å²) in [4.78, 5) is 16.7. The zero-order valence-corrected chi connectivity index (χ0v) is 13.6. The fourth-order valence-electron chi connectivity index (χ4n) is 2.09. The lowest BCUT2D eigenvalue weighted by molar-refractivity contribution is 0.102. The number of aromatic nitrogens is 3. The molecule has 23 heavy (non-hydrogen) atoms. The Labute approximate surface area is 142 Å². The molecular formula is C16H12Cl2N4O. The van der Waals surface area contributed by atoms with Crippen molar-refractivity contribution in [2.45, 2.75) is 6.92 Å². The molecule has 0 saturated carbocycles. The second-order valence-corrected chi connectivity index (χ2v) is 5.65. The second-order valence-electron chi connectivity index (χ2n) is 4.81. The number of carbonyl (C=O) groups is 1. The van der Waals surface area contributed by atoms with Crippen LogP contribution < -0.4 is 5.32 Å². The number of halogens is 2. The number of hydrogen-bond donors (Lipinski definition) is 1. The number of rotatable bonds is 3. The Morgan fingerprint density at radius 3 is 2.57 bits per heavy atom. The molecule has 0 bridgehead atoms. The zero-order chi connectivity index (χ0) is 16.4. The Bertz CT molecular complexity index is 862. The number of benzene rings is 2. The molecule has 0 spiro atoms. The van der Waals surface area contributed by atoms with Gasteiger partial charge in [-0.25, -0.2) is 0 Å². The molecule has 0 fully saturated rings. The molecule has 1 aromatic heterocycles. The lowest BCUT2D eigenvalue weighted by Crippen LogP contribution is -2.16. The Kier molecular flexibility index (Phi) is 4.32. The number of anilines is 1. The van der Waals surface area contributed by atoms with Gasteiger partial charge in [0.15, 0.2) is 0 Å². The van der Waals surface area contributed by atoms with Gasteiger partial charge in [0.05, 0.1) is 16.3 Å². The summed E-state index contributed by atoms with van der Waals surface area (Å²) >= 11 is 11.9. The van der Waals surface area contributed by atoms with E-state index in [4.69, 9.17) is 23.2 Å². The lowest BCUT2D eigenvalue weighted by Gasteiger charge is -2.08. The first-order valence-electron chi connectivity index (χ1n) is 6.80. The van der Waals surface area contributed by atoms with Crippen molar-refractivity contribution in [2.24, 2.45) is 0 Å². The van der Waals surface area contributed by atoms with Gasteiger partial charge >= 0.3 is 0 Å². The van der Waals surface area contributed by atoms with E-state index in [1.165, 1.54) is 6.07 Å². The fourth-order valence-corrected chi connectivity index (χ4v) is 2.58. The summed E-state index contributed by atoms with van der Waals surface area (Å²) in [5.74, 6) is 0.493. The van der Waals surface area contributed by atoms with Gasteiger partial charge < -0.3 is 0 Å². The smallest absolute Gasteiger partial charge is 0.259 e. The van der Waals surface area contributed by atoms with Crippen LogP contribution in [0.15, 0.2) is 48.5 Å². The number of hydrogen-bond acceptors (Lipinski definition) is 3. The highest BCUT2D eigenvalue weighted by molar-refractivity contribution is 6.37. The quantitative estimate of drug-likeness (QED) is 0.775. The van der Waals surface area contributed by atoms with Crippen LogP contribution in [0.4, 0.5) is 5.95 Å². The molecule has 0 aliphatic heterocycles. The van der Waals surface area contributed by atoms with Crippen molar-refractivity contribution in [3.63, 3.8) is 0 Å². The molecule has 1 N–H and O–H groups in total. The first kappa shape index (κ1) is 15.5. The number of aryl methyl sites for hydroxylation is 1. The van der Waals surface area contributed by atoms with Gasteiger partial charge in [-0.05, 0) is 37.3 Å². The highest BCUT2D eigenvalue weighted by Gasteiger charge is 2.16. The van der Waals surface area contributed by atoms with Gasteiger partial charge in [-0.1, -0.05) is 41.4 Å². The van der Waals surface area contributed by atoms with Crippen LogP contribution in [-0.2, 0) is 0 Å². The Morgan fingerprint density at radius 2 is 1.87 bits per heavy atom. The SMILES string of the molecule is Cc1nc(NC(=O)c2ccc(Cl)cc2Cl)n(-c2ccccc2)n1. The summed E-state index contributed by atoms with van der Waals surface area (Å²) in [5.41, 5.74) is 1.11. The monoisotopic (exact) mass is 346 g/mol. The molecule has 0 aliphatic rings. The summed E-state index contributed by atoms with van der Waals surface area (Å²) in [6.07, 6.45) is 0. The predicted molar refractivity (Wildman–Crippen MR) is 90.5 cm³/mol. The van der Waals surface area contributed by atoms with Crippen molar-refractivity contribution in [1.29, 1.82) is 0 Å². The van der Waals surface area contributed by atoms with E-state index in [0.717, 1.165) is 5.69 Å². The molecule has 7 heteroatoms. The largest absolute Gasteiger partial charge is 0.290 e. The number of nitrogens with zero attached hydrogens (tertiary/aromatic N) is 3.